The Labute approximate surface area is 187 Å². The van der Waals surface area contributed by atoms with Gasteiger partial charge in [-0.2, -0.15) is 0 Å². The van der Waals surface area contributed by atoms with Crippen LogP contribution >= 0.6 is 46.4 Å². The number of allylic oxidation sites excluding steroid dienone is 1. The molecule has 7 heteroatoms. The molecule has 0 radical (unpaired) electrons. The van der Waals surface area contributed by atoms with Crippen molar-refractivity contribution in [1.29, 1.82) is 0 Å². The van der Waals surface area contributed by atoms with E-state index >= 15 is 0 Å². The van der Waals surface area contributed by atoms with Crippen molar-refractivity contribution in [2.75, 3.05) is 0 Å². The first-order valence-corrected chi connectivity index (χ1v) is 10.0. The minimum atomic E-state index is -0.247. The van der Waals surface area contributed by atoms with Gasteiger partial charge in [-0.25, -0.2) is 0 Å². The SMILES string of the molecule is O=C1C(=Cc2c(Cl)cccc2Cl)Oc2cc(OCc3ccc(Cl)cc3Cl)ccc21. The van der Waals surface area contributed by atoms with Crippen molar-refractivity contribution < 1.29 is 14.3 Å². The third-order valence-electron chi connectivity index (χ3n) is 4.33. The summed E-state index contributed by atoms with van der Waals surface area (Å²) < 4.78 is 11.5. The molecular formula is C22H12Cl4O3. The zero-order valence-electron chi connectivity index (χ0n) is 14.7. The Morgan fingerprint density at radius 3 is 2.38 bits per heavy atom. The summed E-state index contributed by atoms with van der Waals surface area (Å²) in [6.07, 6.45) is 1.54. The maximum Gasteiger partial charge on any atom is 0.231 e. The molecule has 0 spiro atoms. The van der Waals surface area contributed by atoms with Gasteiger partial charge in [0.15, 0.2) is 5.76 Å². The number of hydrogen-bond donors (Lipinski definition) is 0. The van der Waals surface area contributed by atoms with Gasteiger partial charge < -0.3 is 9.47 Å². The lowest BCUT2D eigenvalue weighted by Gasteiger charge is -2.09. The maximum absolute atomic E-state index is 12.6. The molecule has 0 bridgehead atoms. The number of carbonyl (C=O) groups excluding carboxylic acids is 1. The third-order valence-corrected chi connectivity index (χ3v) is 5.57. The molecule has 0 aromatic heterocycles. The van der Waals surface area contributed by atoms with Gasteiger partial charge in [0.25, 0.3) is 0 Å². The summed E-state index contributed by atoms with van der Waals surface area (Å²) in [6, 6.07) is 15.3. The van der Waals surface area contributed by atoms with Crippen molar-refractivity contribution in [2.45, 2.75) is 6.61 Å². The van der Waals surface area contributed by atoms with Crippen LogP contribution in [0, 0.1) is 0 Å². The van der Waals surface area contributed by atoms with Crippen LogP contribution < -0.4 is 9.47 Å². The van der Waals surface area contributed by atoms with Crippen molar-refractivity contribution >= 4 is 58.3 Å². The molecule has 4 rings (SSSR count). The quantitative estimate of drug-likeness (QED) is 0.374. The topological polar surface area (TPSA) is 35.5 Å². The largest absolute Gasteiger partial charge is 0.489 e. The normalized spacial score (nSPS) is 14.1. The van der Waals surface area contributed by atoms with E-state index in [1.807, 2.05) is 0 Å². The number of rotatable bonds is 4. The maximum atomic E-state index is 12.6. The Bertz CT molecular complexity index is 1130. The number of hydrogen-bond acceptors (Lipinski definition) is 3. The molecule has 0 saturated heterocycles. The first-order valence-electron chi connectivity index (χ1n) is 8.51. The standard InChI is InChI=1S/C22H12Cl4O3/c23-13-5-4-12(19(26)8-13)11-28-14-6-7-15-20(9-14)29-21(22(15)27)10-16-17(24)2-1-3-18(16)25/h1-10H,11H2. The van der Waals surface area contributed by atoms with Crippen LogP contribution in [-0.2, 0) is 6.61 Å². The molecule has 1 heterocycles. The van der Waals surface area contributed by atoms with E-state index in [9.17, 15) is 4.79 Å². The van der Waals surface area contributed by atoms with Crippen molar-refractivity contribution in [2.24, 2.45) is 0 Å². The molecule has 3 aromatic carbocycles. The highest BCUT2D eigenvalue weighted by molar-refractivity contribution is 6.37. The van der Waals surface area contributed by atoms with Crippen LogP contribution in [0.4, 0.5) is 0 Å². The molecule has 0 atom stereocenters. The van der Waals surface area contributed by atoms with Crippen LogP contribution in [0.25, 0.3) is 6.08 Å². The van der Waals surface area contributed by atoms with Gasteiger partial charge in [0.2, 0.25) is 5.78 Å². The van der Waals surface area contributed by atoms with Crippen LogP contribution in [0.2, 0.25) is 20.1 Å². The van der Waals surface area contributed by atoms with Gasteiger partial charge in [-0.1, -0.05) is 58.5 Å². The Morgan fingerprint density at radius 2 is 1.66 bits per heavy atom. The number of carbonyl (C=O) groups is 1. The number of ketones is 1. The van der Waals surface area contributed by atoms with Crippen LogP contribution in [0.3, 0.4) is 0 Å². The van der Waals surface area contributed by atoms with Gasteiger partial charge in [0, 0.05) is 37.3 Å². The minimum absolute atomic E-state index is 0.146. The summed E-state index contributed by atoms with van der Waals surface area (Å²) in [5.74, 6) is 0.847. The first-order chi connectivity index (χ1) is 13.9. The van der Waals surface area contributed by atoms with E-state index in [0.717, 1.165) is 5.56 Å². The van der Waals surface area contributed by atoms with Crippen LogP contribution in [-0.4, -0.2) is 5.78 Å². The fourth-order valence-corrected chi connectivity index (χ4v) is 3.81. The monoisotopic (exact) mass is 464 g/mol. The number of fused-ring (bicyclic) bond motifs is 1. The lowest BCUT2D eigenvalue weighted by molar-refractivity contribution is 0.101. The zero-order valence-corrected chi connectivity index (χ0v) is 17.7. The van der Waals surface area contributed by atoms with Crippen LogP contribution in [0.5, 0.6) is 11.5 Å². The van der Waals surface area contributed by atoms with Crippen molar-refractivity contribution in [1.82, 2.24) is 0 Å². The van der Waals surface area contributed by atoms with E-state index in [-0.39, 0.29) is 18.1 Å². The van der Waals surface area contributed by atoms with E-state index < -0.39 is 0 Å². The van der Waals surface area contributed by atoms with E-state index in [0.29, 0.717) is 42.7 Å². The van der Waals surface area contributed by atoms with Gasteiger partial charge in [-0.05, 0) is 42.5 Å². The molecule has 0 fully saturated rings. The second kappa shape index (κ2) is 8.29. The predicted octanol–water partition coefficient (Wildman–Crippen LogP) is 7.50. The molecule has 0 saturated carbocycles. The van der Waals surface area contributed by atoms with E-state index in [1.54, 1.807) is 60.7 Å². The van der Waals surface area contributed by atoms with Crippen LogP contribution in [0.15, 0.2) is 60.4 Å². The highest BCUT2D eigenvalue weighted by Crippen LogP contribution is 2.37. The summed E-state index contributed by atoms with van der Waals surface area (Å²) in [5.41, 5.74) is 1.76. The van der Waals surface area contributed by atoms with E-state index in [4.69, 9.17) is 55.9 Å². The summed E-state index contributed by atoms with van der Waals surface area (Å²) in [6.45, 7) is 0.251. The Morgan fingerprint density at radius 1 is 0.897 bits per heavy atom. The van der Waals surface area contributed by atoms with E-state index in [1.165, 1.54) is 0 Å². The summed E-state index contributed by atoms with van der Waals surface area (Å²) in [7, 11) is 0. The van der Waals surface area contributed by atoms with Gasteiger partial charge in [-0.3, -0.25) is 4.79 Å². The van der Waals surface area contributed by atoms with Gasteiger partial charge in [-0.15, -0.1) is 0 Å². The first kappa shape index (κ1) is 20.1. The van der Waals surface area contributed by atoms with E-state index in [2.05, 4.69) is 0 Å². The molecule has 1 aliphatic rings. The molecule has 146 valence electrons. The van der Waals surface area contributed by atoms with Gasteiger partial charge in [0.1, 0.15) is 18.1 Å². The molecule has 3 aromatic rings. The number of Topliss-reactive ketones (excluding diaryl/α,β-unsaturated/α-hetero) is 1. The predicted molar refractivity (Wildman–Crippen MR) is 117 cm³/mol. The van der Waals surface area contributed by atoms with Crippen molar-refractivity contribution in [3.63, 3.8) is 0 Å². The number of ether oxygens (including phenoxy) is 2. The number of halogens is 4. The fourth-order valence-electron chi connectivity index (χ4n) is 2.84. The second-order valence-corrected chi connectivity index (χ2v) is 7.92. The summed E-state index contributed by atoms with van der Waals surface area (Å²) >= 11 is 24.4. The fraction of sp³-hybridized carbons (Fsp3) is 0.0455. The molecular weight excluding hydrogens is 454 g/mol. The third kappa shape index (κ3) is 4.24. The van der Waals surface area contributed by atoms with Crippen LogP contribution in [0.1, 0.15) is 21.5 Å². The average Bonchev–Trinajstić information content (AvgIpc) is 2.99. The zero-order chi connectivity index (χ0) is 20.5. The Hall–Kier alpha value is -2.17. The second-order valence-electron chi connectivity index (χ2n) is 6.26. The molecule has 29 heavy (non-hydrogen) atoms. The van der Waals surface area contributed by atoms with Crippen molar-refractivity contribution in [3.8, 4) is 11.5 Å². The molecule has 0 aliphatic carbocycles. The Kier molecular flexibility index (Phi) is 5.75. The van der Waals surface area contributed by atoms with Crippen molar-refractivity contribution in [3.05, 3.63) is 97.1 Å². The average molecular weight is 466 g/mol. The summed E-state index contributed by atoms with van der Waals surface area (Å²) in [5, 5.41) is 1.94. The minimum Gasteiger partial charge on any atom is -0.489 e. The molecule has 0 amide bonds. The molecule has 0 N–H and O–H groups in total. The summed E-state index contributed by atoms with van der Waals surface area (Å²) in [4.78, 5) is 12.6. The Balaban J connectivity index is 1.55. The highest BCUT2D eigenvalue weighted by atomic mass is 35.5. The van der Waals surface area contributed by atoms with Gasteiger partial charge in [0.05, 0.1) is 5.56 Å². The molecule has 1 aliphatic heterocycles. The van der Waals surface area contributed by atoms with Gasteiger partial charge >= 0.3 is 0 Å². The molecule has 0 unspecified atom stereocenters. The number of benzene rings is 3. The lowest BCUT2D eigenvalue weighted by Crippen LogP contribution is -1.98. The highest BCUT2D eigenvalue weighted by Gasteiger charge is 2.28. The smallest absolute Gasteiger partial charge is 0.231 e. The molecule has 3 nitrogen and oxygen atoms in total. The lowest BCUT2D eigenvalue weighted by atomic mass is 10.1.